The number of hydrogen-bond donors (Lipinski definition) is 3. The molecule has 0 unspecified atom stereocenters. The predicted molar refractivity (Wildman–Crippen MR) is 63.8 cm³/mol. The predicted octanol–water partition coefficient (Wildman–Crippen LogP) is -0.397. The number of nitriles is 3. The highest BCUT2D eigenvalue weighted by Gasteiger charge is 2.10. The van der Waals surface area contributed by atoms with Crippen molar-refractivity contribution in [3.05, 3.63) is 35.5 Å². The number of nitrogens with zero attached hydrogens (tertiary/aromatic N) is 3. The van der Waals surface area contributed by atoms with E-state index in [1.165, 1.54) is 24.3 Å². The highest BCUT2D eigenvalue weighted by atomic mass is 16.4. The molecule has 0 fully saturated rings. The monoisotopic (exact) mass is 238 g/mol. The average molecular weight is 238 g/mol. The van der Waals surface area contributed by atoms with Crippen LogP contribution in [0.25, 0.3) is 0 Å². The van der Waals surface area contributed by atoms with Gasteiger partial charge in [0.05, 0.1) is 0 Å². The van der Waals surface area contributed by atoms with Crippen LogP contribution in [0.3, 0.4) is 0 Å². The van der Waals surface area contributed by atoms with Gasteiger partial charge in [-0.15, -0.1) is 0 Å². The van der Waals surface area contributed by atoms with E-state index in [-0.39, 0.29) is 11.3 Å². The summed E-state index contributed by atoms with van der Waals surface area (Å²) in [6, 6.07) is 10.8. The largest absolute Gasteiger partial charge is 0.488 e. The molecular weight excluding hydrogens is 231 g/mol. The van der Waals surface area contributed by atoms with Gasteiger partial charge in [0.2, 0.25) is 0 Å². The molecule has 0 amide bonds. The lowest BCUT2D eigenvalue weighted by Gasteiger charge is -2.05. The first-order valence-corrected chi connectivity index (χ1v) is 4.80. The van der Waals surface area contributed by atoms with Gasteiger partial charge in [-0.25, -0.2) is 0 Å². The standard InChI is InChI=1S/C11H7BN4O2/c13-5-8(6-14)11(7-15)16-10-3-1-9(2-4-10)12(17)18/h1-4,16-18H. The van der Waals surface area contributed by atoms with Crippen LogP contribution in [-0.2, 0) is 0 Å². The van der Waals surface area contributed by atoms with E-state index in [1.54, 1.807) is 18.2 Å². The summed E-state index contributed by atoms with van der Waals surface area (Å²) >= 11 is 0. The molecule has 1 rings (SSSR count). The molecule has 86 valence electrons. The maximum Gasteiger partial charge on any atom is 0.488 e. The molecule has 0 saturated carbocycles. The summed E-state index contributed by atoms with van der Waals surface area (Å²) in [5, 5.41) is 46.5. The molecule has 0 saturated heterocycles. The van der Waals surface area contributed by atoms with Crippen molar-refractivity contribution in [1.29, 1.82) is 15.8 Å². The Morgan fingerprint density at radius 3 is 1.94 bits per heavy atom. The third-order valence-electron chi connectivity index (χ3n) is 2.06. The number of rotatable bonds is 3. The SMILES string of the molecule is N#CC(C#N)=C(C#N)Nc1ccc(B(O)O)cc1. The lowest BCUT2D eigenvalue weighted by Crippen LogP contribution is -2.29. The molecule has 7 heteroatoms. The van der Waals surface area contributed by atoms with Crippen LogP contribution in [0.15, 0.2) is 35.5 Å². The van der Waals surface area contributed by atoms with Crippen LogP contribution < -0.4 is 10.8 Å². The van der Waals surface area contributed by atoms with Crippen molar-refractivity contribution in [2.45, 2.75) is 0 Å². The van der Waals surface area contributed by atoms with Crippen LogP contribution in [0.4, 0.5) is 5.69 Å². The van der Waals surface area contributed by atoms with Gasteiger partial charge in [-0.05, 0) is 17.6 Å². The van der Waals surface area contributed by atoms with E-state index in [0.717, 1.165) is 0 Å². The van der Waals surface area contributed by atoms with E-state index in [4.69, 9.17) is 25.8 Å². The van der Waals surface area contributed by atoms with E-state index in [2.05, 4.69) is 5.32 Å². The van der Waals surface area contributed by atoms with Crippen molar-refractivity contribution >= 4 is 18.3 Å². The van der Waals surface area contributed by atoms with Gasteiger partial charge in [-0.2, -0.15) is 15.8 Å². The Morgan fingerprint density at radius 2 is 1.56 bits per heavy atom. The summed E-state index contributed by atoms with van der Waals surface area (Å²) in [5.41, 5.74) is 0.281. The minimum absolute atomic E-state index is 0.155. The fourth-order valence-corrected chi connectivity index (χ4v) is 1.17. The molecule has 1 aromatic carbocycles. The number of hydrogen-bond acceptors (Lipinski definition) is 6. The summed E-state index contributed by atoms with van der Waals surface area (Å²) in [7, 11) is -1.57. The number of nitrogens with one attached hydrogen (secondary N) is 1. The highest BCUT2D eigenvalue weighted by molar-refractivity contribution is 6.58. The van der Waals surface area contributed by atoms with Gasteiger partial charge in [-0.3, -0.25) is 0 Å². The molecule has 0 bridgehead atoms. The van der Waals surface area contributed by atoms with Crippen LogP contribution in [0.1, 0.15) is 0 Å². The molecule has 3 N–H and O–H groups in total. The van der Waals surface area contributed by atoms with Crippen LogP contribution in [0, 0.1) is 34.0 Å². The van der Waals surface area contributed by atoms with E-state index < -0.39 is 7.12 Å². The molecule has 0 spiro atoms. The number of allylic oxidation sites excluding steroid dienone is 2. The molecule has 0 aliphatic heterocycles. The molecule has 6 nitrogen and oxygen atoms in total. The van der Waals surface area contributed by atoms with Gasteiger partial charge >= 0.3 is 7.12 Å². The average Bonchev–Trinajstić information content (AvgIpc) is 2.39. The summed E-state index contributed by atoms with van der Waals surface area (Å²) in [6.45, 7) is 0. The van der Waals surface area contributed by atoms with E-state index in [9.17, 15) is 0 Å². The Labute approximate surface area is 104 Å². The third kappa shape index (κ3) is 3.10. The fourth-order valence-electron chi connectivity index (χ4n) is 1.17. The highest BCUT2D eigenvalue weighted by Crippen LogP contribution is 2.10. The second kappa shape index (κ2) is 6.07. The smallest absolute Gasteiger partial charge is 0.423 e. The van der Waals surface area contributed by atoms with Gasteiger partial charge in [-0.1, -0.05) is 12.1 Å². The van der Waals surface area contributed by atoms with Crippen molar-refractivity contribution < 1.29 is 10.0 Å². The van der Waals surface area contributed by atoms with Gasteiger partial charge in [0.1, 0.15) is 23.9 Å². The molecule has 0 atom stereocenters. The quantitative estimate of drug-likeness (QED) is 0.486. The molecule has 0 aliphatic rings. The van der Waals surface area contributed by atoms with Crippen LogP contribution in [0.5, 0.6) is 0 Å². The van der Waals surface area contributed by atoms with Crippen LogP contribution in [-0.4, -0.2) is 17.2 Å². The fraction of sp³-hybridized carbons (Fsp3) is 0. The molecule has 18 heavy (non-hydrogen) atoms. The Hall–Kier alpha value is -2.79. The van der Waals surface area contributed by atoms with Crippen LogP contribution >= 0.6 is 0 Å². The summed E-state index contributed by atoms with van der Waals surface area (Å²) < 4.78 is 0. The van der Waals surface area contributed by atoms with Crippen molar-refractivity contribution in [3.8, 4) is 18.2 Å². The van der Waals surface area contributed by atoms with Crippen molar-refractivity contribution in [1.82, 2.24) is 0 Å². The minimum Gasteiger partial charge on any atom is -0.423 e. The Balaban J connectivity index is 2.99. The zero-order chi connectivity index (χ0) is 13.5. The first-order chi connectivity index (χ1) is 8.62. The maximum absolute atomic E-state index is 8.89. The first kappa shape index (κ1) is 13.3. The molecule has 1 aromatic rings. The van der Waals surface area contributed by atoms with Gasteiger partial charge in [0, 0.05) is 5.69 Å². The lowest BCUT2D eigenvalue weighted by molar-refractivity contribution is 0.426. The van der Waals surface area contributed by atoms with Crippen molar-refractivity contribution in [2.75, 3.05) is 5.32 Å². The van der Waals surface area contributed by atoms with Gasteiger partial charge in [0.25, 0.3) is 0 Å². The van der Waals surface area contributed by atoms with Crippen LogP contribution in [0.2, 0.25) is 0 Å². The second-order valence-corrected chi connectivity index (χ2v) is 3.21. The molecule has 0 aliphatic carbocycles. The number of anilines is 1. The first-order valence-electron chi connectivity index (χ1n) is 4.80. The number of benzene rings is 1. The summed E-state index contributed by atoms with van der Waals surface area (Å²) in [4.78, 5) is 0. The van der Waals surface area contributed by atoms with Crippen molar-refractivity contribution in [2.24, 2.45) is 0 Å². The maximum atomic E-state index is 8.89. The topological polar surface area (TPSA) is 124 Å². The second-order valence-electron chi connectivity index (χ2n) is 3.21. The lowest BCUT2D eigenvalue weighted by atomic mass is 9.80. The van der Waals surface area contributed by atoms with Gasteiger partial charge in [0.15, 0.2) is 5.57 Å². The Bertz CT molecular complexity index is 571. The summed E-state index contributed by atoms with van der Waals surface area (Å²) in [5.74, 6) is 0. The van der Waals surface area contributed by atoms with E-state index >= 15 is 0 Å². The Kier molecular flexibility index (Phi) is 4.48. The zero-order valence-electron chi connectivity index (χ0n) is 9.12. The van der Waals surface area contributed by atoms with Crippen molar-refractivity contribution in [3.63, 3.8) is 0 Å². The zero-order valence-corrected chi connectivity index (χ0v) is 9.12. The summed E-state index contributed by atoms with van der Waals surface area (Å²) in [6.07, 6.45) is 0. The Morgan fingerprint density at radius 1 is 1.00 bits per heavy atom. The van der Waals surface area contributed by atoms with Gasteiger partial charge < -0.3 is 15.4 Å². The normalized spacial score (nSPS) is 8.39. The van der Waals surface area contributed by atoms with E-state index in [0.29, 0.717) is 11.2 Å². The third-order valence-corrected chi connectivity index (χ3v) is 2.06. The molecule has 0 radical (unpaired) electrons. The molecule has 0 aromatic heterocycles. The van der Waals surface area contributed by atoms with E-state index in [1.807, 2.05) is 0 Å². The molecular formula is C11H7BN4O2. The molecule has 0 heterocycles. The minimum atomic E-state index is -1.57.